The molecule has 0 atom stereocenters. The summed E-state index contributed by atoms with van der Waals surface area (Å²) < 4.78 is 11.2. The van der Waals surface area contributed by atoms with Gasteiger partial charge in [-0.25, -0.2) is 0 Å². The van der Waals surface area contributed by atoms with Crippen molar-refractivity contribution in [2.75, 3.05) is 18.5 Å². The van der Waals surface area contributed by atoms with Gasteiger partial charge in [-0.3, -0.25) is 4.79 Å². The first-order valence-corrected chi connectivity index (χ1v) is 8.36. The predicted molar refractivity (Wildman–Crippen MR) is 97.0 cm³/mol. The fourth-order valence-electron chi connectivity index (χ4n) is 2.21. The number of anilines is 1. The SMILES string of the molecule is CCOc1ccccc1C(=O)Nc1cccc(OCCC(C)C)c1. The molecule has 4 heteroatoms. The standard InChI is InChI=1S/C20H25NO3/c1-4-23-19-11-6-5-10-18(19)20(22)21-16-8-7-9-17(14-16)24-13-12-15(2)3/h5-11,14-15H,4,12-13H2,1-3H3,(H,21,22). The second kappa shape index (κ2) is 8.96. The normalized spacial score (nSPS) is 10.5. The van der Waals surface area contributed by atoms with Gasteiger partial charge < -0.3 is 14.8 Å². The van der Waals surface area contributed by atoms with Gasteiger partial charge in [-0.15, -0.1) is 0 Å². The maximum atomic E-state index is 12.5. The smallest absolute Gasteiger partial charge is 0.259 e. The molecule has 0 heterocycles. The van der Waals surface area contributed by atoms with Crippen molar-refractivity contribution in [3.05, 3.63) is 54.1 Å². The third-order valence-electron chi connectivity index (χ3n) is 3.49. The van der Waals surface area contributed by atoms with Crippen LogP contribution in [0, 0.1) is 5.92 Å². The lowest BCUT2D eigenvalue weighted by Crippen LogP contribution is -2.13. The van der Waals surface area contributed by atoms with Crippen molar-refractivity contribution in [3.63, 3.8) is 0 Å². The van der Waals surface area contributed by atoms with Gasteiger partial charge in [-0.2, -0.15) is 0 Å². The maximum absolute atomic E-state index is 12.5. The zero-order chi connectivity index (χ0) is 17.4. The zero-order valence-corrected chi connectivity index (χ0v) is 14.5. The molecule has 2 rings (SSSR count). The van der Waals surface area contributed by atoms with E-state index in [4.69, 9.17) is 9.47 Å². The molecule has 128 valence electrons. The van der Waals surface area contributed by atoms with E-state index in [9.17, 15) is 4.79 Å². The Morgan fingerprint density at radius 3 is 2.62 bits per heavy atom. The average molecular weight is 327 g/mol. The number of carbonyl (C=O) groups excluding carboxylic acids is 1. The summed E-state index contributed by atoms with van der Waals surface area (Å²) in [5.41, 5.74) is 1.22. The molecule has 0 aromatic heterocycles. The highest BCUT2D eigenvalue weighted by atomic mass is 16.5. The first-order valence-electron chi connectivity index (χ1n) is 8.36. The topological polar surface area (TPSA) is 47.6 Å². The number of hydrogen-bond donors (Lipinski definition) is 1. The molecule has 0 bridgehead atoms. The molecule has 0 aliphatic rings. The van der Waals surface area contributed by atoms with Crippen LogP contribution in [0.3, 0.4) is 0 Å². The third-order valence-corrected chi connectivity index (χ3v) is 3.49. The molecule has 0 aliphatic carbocycles. The Morgan fingerprint density at radius 2 is 1.88 bits per heavy atom. The molecule has 2 aromatic rings. The van der Waals surface area contributed by atoms with E-state index < -0.39 is 0 Å². The van der Waals surface area contributed by atoms with Gasteiger partial charge in [0.05, 0.1) is 18.8 Å². The van der Waals surface area contributed by atoms with Gasteiger partial charge in [0, 0.05) is 11.8 Å². The molecule has 0 fully saturated rings. The van der Waals surface area contributed by atoms with Crippen molar-refractivity contribution < 1.29 is 14.3 Å². The van der Waals surface area contributed by atoms with Gasteiger partial charge in [-0.1, -0.05) is 32.0 Å². The van der Waals surface area contributed by atoms with E-state index >= 15 is 0 Å². The molecule has 0 saturated carbocycles. The lowest BCUT2D eigenvalue weighted by atomic mass is 10.1. The molecule has 0 spiro atoms. The lowest BCUT2D eigenvalue weighted by Gasteiger charge is -2.12. The highest BCUT2D eigenvalue weighted by Crippen LogP contribution is 2.22. The monoisotopic (exact) mass is 327 g/mol. The Balaban J connectivity index is 2.04. The fourth-order valence-corrected chi connectivity index (χ4v) is 2.21. The van der Waals surface area contributed by atoms with Gasteiger partial charge >= 0.3 is 0 Å². The summed E-state index contributed by atoms with van der Waals surface area (Å²) in [7, 11) is 0. The van der Waals surface area contributed by atoms with Crippen LogP contribution in [0.15, 0.2) is 48.5 Å². The second-order valence-electron chi connectivity index (χ2n) is 5.94. The lowest BCUT2D eigenvalue weighted by molar-refractivity contribution is 0.102. The number of rotatable bonds is 8. The Hall–Kier alpha value is -2.49. The van der Waals surface area contributed by atoms with Crippen molar-refractivity contribution in [1.82, 2.24) is 0 Å². The van der Waals surface area contributed by atoms with E-state index in [-0.39, 0.29) is 5.91 Å². The summed E-state index contributed by atoms with van der Waals surface area (Å²) >= 11 is 0. The van der Waals surface area contributed by atoms with Crippen molar-refractivity contribution >= 4 is 11.6 Å². The van der Waals surface area contributed by atoms with Crippen LogP contribution in [-0.4, -0.2) is 19.1 Å². The highest BCUT2D eigenvalue weighted by molar-refractivity contribution is 6.06. The van der Waals surface area contributed by atoms with E-state index in [0.29, 0.717) is 36.1 Å². The summed E-state index contributed by atoms with van der Waals surface area (Å²) in [6, 6.07) is 14.7. The fraction of sp³-hybridized carbons (Fsp3) is 0.350. The van der Waals surface area contributed by atoms with Crippen LogP contribution < -0.4 is 14.8 Å². The van der Waals surface area contributed by atoms with Gasteiger partial charge in [0.1, 0.15) is 11.5 Å². The number of carbonyl (C=O) groups is 1. The van der Waals surface area contributed by atoms with E-state index in [2.05, 4.69) is 19.2 Å². The number of amides is 1. The summed E-state index contributed by atoms with van der Waals surface area (Å²) in [6.45, 7) is 7.41. The minimum atomic E-state index is -0.196. The number of para-hydroxylation sites is 1. The Labute approximate surface area is 143 Å². The van der Waals surface area contributed by atoms with E-state index in [1.165, 1.54) is 0 Å². The summed E-state index contributed by atoms with van der Waals surface area (Å²) in [5.74, 6) is 1.75. The van der Waals surface area contributed by atoms with Crippen LogP contribution in [0.25, 0.3) is 0 Å². The maximum Gasteiger partial charge on any atom is 0.259 e. The minimum Gasteiger partial charge on any atom is -0.494 e. The summed E-state index contributed by atoms with van der Waals surface area (Å²) in [6.07, 6.45) is 0.998. The summed E-state index contributed by atoms with van der Waals surface area (Å²) in [4.78, 5) is 12.5. The van der Waals surface area contributed by atoms with Crippen LogP contribution in [0.4, 0.5) is 5.69 Å². The minimum absolute atomic E-state index is 0.196. The van der Waals surface area contributed by atoms with Crippen LogP contribution in [-0.2, 0) is 0 Å². The highest BCUT2D eigenvalue weighted by Gasteiger charge is 2.12. The quantitative estimate of drug-likeness (QED) is 0.760. The molecule has 0 unspecified atom stereocenters. The molecule has 24 heavy (non-hydrogen) atoms. The number of nitrogens with one attached hydrogen (secondary N) is 1. The Kier molecular flexibility index (Phi) is 6.67. The summed E-state index contributed by atoms with van der Waals surface area (Å²) in [5, 5.41) is 2.90. The number of ether oxygens (including phenoxy) is 2. The van der Waals surface area contributed by atoms with Crippen molar-refractivity contribution in [2.45, 2.75) is 27.2 Å². The van der Waals surface area contributed by atoms with Gasteiger partial charge in [0.15, 0.2) is 0 Å². The van der Waals surface area contributed by atoms with Gasteiger partial charge in [0.2, 0.25) is 0 Å². The first kappa shape index (κ1) is 17.9. The Morgan fingerprint density at radius 1 is 1.08 bits per heavy atom. The van der Waals surface area contributed by atoms with Crippen LogP contribution in [0.1, 0.15) is 37.6 Å². The molecular formula is C20H25NO3. The molecular weight excluding hydrogens is 302 g/mol. The molecule has 0 radical (unpaired) electrons. The van der Waals surface area contributed by atoms with E-state index in [1.807, 2.05) is 43.3 Å². The predicted octanol–water partition coefficient (Wildman–Crippen LogP) is 4.76. The Bertz CT molecular complexity index is 667. The zero-order valence-electron chi connectivity index (χ0n) is 14.5. The number of benzene rings is 2. The van der Waals surface area contributed by atoms with Crippen molar-refractivity contribution in [2.24, 2.45) is 5.92 Å². The van der Waals surface area contributed by atoms with Crippen molar-refractivity contribution in [3.8, 4) is 11.5 Å². The van der Waals surface area contributed by atoms with E-state index in [0.717, 1.165) is 12.2 Å². The molecule has 0 aliphatic heterocycles. The van der Waals surface area contributed by atoms with Crippen LogP contribution in [0.2, 0.25) is 0 Å². The largest absolute Gasteiger partial charge is 0.494 e. The molecule has 2 aromatic carbocycles. The molecule has 0 saturated heterocycles. The van der Waals surface area contributed by atoms with Crippen molar-refractivity contribution in [1.29, 1.82) is 0 Å². The van der Waals surface area contributed by atoms with Gasteiger partial charge in [-0.05, 0) is 43.5 Å². The average Bonchev–Trinajstić information content (AvgIpc) is 2.55. The first-order chi connectivity index (χ1) is 11.6. The molecule has 1 N–H and O–H groups in total. The van der Waals surface area contributed by atoms with Crippen LogP contribution in [0.5, 0.6) is 11.5 Å². The third kappa shape index (κ3) is 5.30. The van der Waals surface area contributed by atoms with Crippen LogP contribution >= 0.6 is 0 Å². The van der Waals surface area contributed by atoms with E-state index in [1.54, 1.807) is 12.1 Å². The molecule has 1 amide bonds. The molecule has 4 nitrogen and oxygen atoms in total. The van der Waals surface area contributed by atoms with Gasteiger partial charge in [0.25, 0.3) is 5.91 Å². The second-order valence-corrected chi connectivity index (χ2v) is 5.94. The number of hydrogen-bond acceptors (Lipinski definition) is 3.